The van der Waals surface area contributed by atoms with Gasteiger partial charge in [0.05, 0.1) is 28.9 Å². The second-order valence-electron chi connectivity index (χ2n) is 7.70. The molecule has 0 aliphatic carbocycles. The lowest BCUT2D eigenvalue weighted by Crippen LogP contribution is -2.24. The molecule has 1 N–H and O–H groups in total. The third-order valence-electron chi connectivity index (χ3n) is 5.10. The molecule has 0 atom stereocenters. The Morgan fingerprint density at radius 2 is 1.62 bits per heavy atom. The summed E-state index contributed by atoms with van der Waals surface area (Å²) in [6.07, 6.45) is 0.0249. The lowest BCUT2D eigenvalue weighted by Gasteiger charge is -2.10. The van der Waals surface area contributed by atoms with E-state index in [1.807, 2.05) is 62.4 Å². The summed E-state index contributed by atoms with van der Waals surface area (Å²) < 4.78 is 1.26. The number of carbonyl (C=O) groups is 1. The van der Waals surface area contributed by atoms with E-state index in [9.17, 15) is 9.59 Å². The first-order chi connectivity index (χ1) is 15.4. The molecule has 0 aliphatic heterocycles. The molecule has 32 heavy (non-hydrogen) atoms. The molecule has 0 saturated carbocycles. The van der Waals surface area contributed by atoms with Crippen LogP contribution in [-0.2, 0) is 18.3 Å². The molecule has 1 aromatic heterocycles. The number of aromatic nitrogens is 2. The summed E-state index contributed by atoms with van der Waals surface area (Å²) in [5.74, 6) is -0.253. The van der Waals surface area contributed by atoms with E-state index in [1.54, 1.807) is 25.2 Å². The number of amides is 1. The number of nitrogens with zero attached hydrogens (tertiary/aromatic N) is 4. The van der Waals surface area contributed by atoms with Crippen LogP contribution >= 0.6 is 0 Å². The van der Waals surface area contributed by atoms with Crippen molar-refractivity contribution in [2.24, 2.45) is 17.3 Å². The number of fused-ring (bicyclic) bond motifs is 1. The fraction of sp³-hybridized carbons (Fsp3) is 0.160. The van der Waals surface area contributed by atoms with Gasteiger partial charge in [-0.25, -0.2) is 4.68 Å². The van der Waals surface area contributed by atoms with Gasteiger partial charge in [0, 0.05) is 12.4 Å². The summed E-state index contributed by atoms with van der Waals surface area (Å²) in [4.78, 5) is 25.2. The zero-order valence-corrected chi connectivity index (χ0v) is 18.2. The topological polar surface area (TPSA) is 88.7 Å². The van der Waals surface area contributed by atoms with Gasteiger partial charge in [-0.2, -0.15) is 10.2 Å². The number of hydrogen-bond acceptors (Lipinski definition) is 5. The number of hydrogen-bond donors (Lipinski definition) is 1. The second kappa shape index (κ2) is 8.93. The number of azo groups is 1. The van der Waals surface area contributed by atoms with Crippen LogP contribution in [0.1, 0.15) is 16.8 Å². The van der Waals surface area contributed by atoms with Gasteiger partial charge in [0.1, 0.15) is 5.69 Å². The fourth-order valence-corrected chi connectivity index (χ4v) is 3.41. The Bertz CT molecular complexity index is 1390. The van der Waals surface area contributed by atoms with Crippen LogP contribution in [0.4, 0.5) is 17.1 Å². The predicted molar refractivity (Wildman–Crippen MR) is 126 cm³/mol. The quantitative estimate of drug-likeness (QED) is 0.449. The molecule has 3 aromatic carbocycles. The molecular weight excluding hydrogens is 402 g/mol. The summed E-state index contributed by atoms with van der Waals surface area (Å²) >= 11 is 0. The van der Waals surface area contributed by atoms with Crippen molar-refractivity contribution in [1.82, 2.24) is 9.78 Å². The SMILES string of the molecule is Cc1ccc(N=Nc2cc(C)ccc2NC(=O)Cc2nn(C)c(=O)c3ccccc23)cc1. The number of benzene rings is 3. The van der Waals surface area contributed by atoms with Crippen LogP contribution in [-0.4, -0.2) is 15.7 Å². The van der Waals surface area contributed by atoms with E-state index in [4.69, 9.17) is 0 Å². The zero-order valence-electron chi connectivity index (χ0n) is 18.2. The van der Waals surface area contributed by atoms with Crippen molar-refractivity contribution in [2.45, 2.75) is 20.3 Å². The van der Waals surface area contributed by atoms with E-state index >= 15 is 0 Å². The van der Waals surface area contributed by atoms with Crippen molar-refractivity contribution in [2.75, 3.05) is 5.32 Å². The molecule has 4 aromatic rings. The maximum Gasteiger partial charge on any atom is 0.274 e. The molecule has 0 saturated heterocycles. The van der Waals surface area contributed by atoms with Gasteiger partial charge in [0.2, 0.25) is 5.91 Å². The second-order valence-corrected chi connectivity index (χ2v) is 7.70. The van der Waals surface area contributed by atoms with Gasteiger partial charge < -0.3 is 5.32 Å². The Morgan fingerprint density at radius 3 is 2.38 bits per heavy atom. The first kappa shape index (κ1) is 21.1. The highest BCUT2D eigenvalue weighted by Gasteiger charge is 2.14. The predicted octanol–water partition coefficient (Wildman–Crippen LogP) is 5.15. The van der Waals surface area contributed by atoms with E-state index in [0.29, 0.717) is 27.8 Å². The molecule has 0 spiro atoms. The van der Waals surface area contributed by atoms with Crippen LogP contribution < -0.4 is 10.9 Å². The highest BCUT2D eigenvalue weighted by molar-refractivity contribution is 5.97. The Balaban J connectivity index is 1.59. The normalized spacial score (nSPS) is 11.2. The van der Waals surface area contributed by atoms with Crippen molar-refractivity contribution in [3.63, 3.8) is 0 Å². The minimum Gasteiger partial charge on any atom is -0.324 e. The van der Waals surface area contributed by atoms with Crippen molar-refractivity contribution >= 4 is 33.7 Å². The maximum absolute atomic E-state index is 12.9. The minimum absolute atomic E-state index is 0.0249. The smallest absolute Gasteiger partial charge is 0.274 e. The van der Waals surface area contributed by atoms with Gasteiger partial charge >= 0.3 is 0 Å². The van der Waals surface area contributed by atoms with Gasteiger partial charge in [-0.15, -0.1) is 5.11 Å². The van der Waals surface area contributed by atoms with Crippen molar-refractivity contribution in [3.8, 4) is 0 Å². The summed E-state index contributed by atoms with van der Waals surface area (Å²) in [5.41, 5.74) is 4.36. The number of aryl methyl sites for hydroxylation is 3. The fourth-order valence-electron chi connectivity index (χ4n) is 3.41. The first-order valence-electron chi connectivity index (χ1n) is 10.2. The molecule has 160 valence electrons. The molecule has 1 heterocycles. The molecular formula is C25H23N5O2. The van der Waals surface area contributed by atoms with Crippen molar-refractivity contribution in [1.29, 1.82) is 0 Å². The summed E-state index contributed by atoms with van der Waals surface area (Å²) in [6, 6.07) is 20.5. The van der Waals surface area contributed by atoms with E-state index < -0.39 is 0 Å². The molecule has 1 amide bonds. The van der Waals surface area contributed by atoms with Crippen LogP contribution in [0, 0.1) is 13.8 Å². The summed E-state index contributed by atoms with van der Waals surface area (Å²) in [7, 11) is 1.58. The van der Waals surface area contributed by atoms with E-state index in [1.165, 1.54) is 4.68 Å². The highest BCUT2D eigenvalue weighted by atomic mass is 16.1. The van der Waals surface area contributed by atoms with Crippen LogP contribution in [0.5, 0.6) is 0 Å². The average molecular weight is 425 g/mol. The van der Waals surface area contributed by atoms with Crippen LogP contribution in [0.25, 0.3) is 10.8 Å². The third kappa shape index (κ3) is 4.62. The molecule has 4 rings (SSSR count). The highest BCUT2D eigenvalue weighted by Crippen LogP contribution is 2.28. The molecule has 0 unspecified atom stereocenters. The average Bonchev–Trinajstić information content (AvgIpc) is 2.78. The van der Waals surface area contributed by atoms with E-state index in [2.05, 4.69) is 20.6 Å². The number of anilines is 1. The Morgan fingerprint density at radius 1 is 0.938 bits per heavy atom. The lowest BCUT2D eigenvalue weighted by atomic mass is 10.1. The van der Waals surface area contributed by atoms with Crippen LogP contribution in [0.2, 0.25) is 0 Å². The lowest BCUT2D eigenvalue weighted by molar-refractivity contribution is -0.115. The number of rotatable bonds is 5. The zero-order chi connectivity index (χ0) is 22.7. The van der Waals surface area contributed by atoms with Crippen molar-refractivity contribution < 1.29 is 4.79 Å². The molecule has 7 nitrogen and oxygen atoms in total. The van der Waals surface area contributed by atoms with Gasteiger partial charge in [-0.1, -0.05) is 42.0 Å². The summed E-state index contributed by atoms with van der Waals surface area (Å²) in [5, 5.41) is 17.1. The number of carbonyl (C=O) groups excluding carboxylic acids is 1. The van der Waals surface area contributed by atoms with E-state index in [-0.39, 0.29) is 17.9 Å². The Labute approximate surface area is 185 Å². The summed E-state index contributed by atoms with van der Waals surface area (Å²) in [6.45, 7) is 3.97. The molecule has 0 fully saturated rings. The number of nitrogens with one attached hydrogen (secondary N) is 1. The molecule has 7 heteroatoms. The Hall–Kier alpha value is -4.13. The standard InChI is InChI=1S/C25H23N5O2/c1-16-8-11-18(12-9-16)27-28-23-14-17(2)10-13-21(23)26-24(31)15-22-19-6-4-5-7-20(19)25(32)30(3)29-22/h4-14H,15H2,1-3H3,(H,26,31). The van der Waals surface area contributed by atoms with Gasteiger partial charge in [0.15, 0.2) is 0 Å². The van der Waals surface area contributed by atoms with Crippen LogP contribution in [0.3, 0.4) is 0 Å². The van der Waals surface area contributed by atoms with Crippen molar-refractivity contribution in [3.05, 3.63) is 93.9 Å². The van der Waals surface area contributed by atoms with Gasteiger partial charge in [-0.3, -0.25) is 9.59 Å². The monoisotopic (exact) mass is 425 g/mol. The van der Waals surface area contributed by atoms with Crippen LogP contribution in [0.15, 0.2) is 81.8 Å². The minimum atomic E-state index is -0.253. The molecule has 0 bridgehead atoms. The first-order valence-corrected chi connectivity index (χ1v) is 10.2. The van der Waals surface area contributed by atoms with Gasteiger partial charge in [-0.05, 0) is 49.7 Å². The Kier molecular flexibility index (Phi) is 5.89. The largest absolute Gasteiger partial charge is 0.324 e. The molecule has 0 aliphatic rings. The molecule has 0 radical (unpaired) electrons. The van der Waals surface area contributed by atoms with Gasteiger partial charge in [0.25, 0.3) is 5.56 Å². The third-order valence-corrected chi connectivity index (χ3v) is 5.10. The van der Waals surface area contributed by atoms with E-state index in [0.717, 1.165) is 16.8 Å². The maximum atomic E-state index is 12.9.